The summed E-state index contributed by atoms with van der Waals surface area (Å²) in [5.74, 6) is 0.491. The molecule has 164 valence electrons. The monoisotopic (exact) mass is 420 g/mol. The molecule has 2 atom stereocenters. The van der Waals surface area contributed by atoms with Crippen LogP contribution in [0.1, 0.15) is 59.5 Å². The summed E-state index contributed by atoms with van der Waals surface area (Å²) in [6.45, 7) is 3.61. The summed E-state index contributed by atoms with van der Waals surface area (Å²) in [5, 5.41) is 0. The van der Waals surface area contributed by atoms with Gasteiger partial charge in [0, 0.05) is 32.1 Å². The molecule has 0 unspecified atom stereocenters. The predicted octanol–water partition coefficient (Wildman–Crippen LogP) is 4.23. The Balaban J connectivity index is 1.35. The Kier molecular flexibility index (Phi) is 7.03. The number of esters is 1. The maximum Gasteiger partial charge on any atom is 0.337 e. The predicted molar refractivity (Wildman–Crippen MR) is 121 cm³/mol. The highest BCUT2D eigenvalue weighted by atomic mass is 16.5. The number of carbonyl (C=O) groups excluding carboxylic acids is 2. The molecule has 2 aliphatic rings. The average molecular weight is 421 g/mol. The van der Waals surface area contributed by atoms with E-state index in [2.05, 4.69) is 35.2 Å². The minimum absolute atomic E-state index is 0.233. The van der Waals surface area contributed by atoms with Gasteiger partial charge in [0.1, 0.15) is 0 Å². The van der Waals surface area contributed by atoms with E-state index in [9.17, 15) is 9.59 Å². The summed E-state index contributed by atoms with van der Waals surface area (Å²) in [4.78, 5) is 29.0. The third kappa shape index (κ3) is 5.34. The molecule has 5 heteroatoms. The van der Waals surface area contributed by atoms with Crippen molar-refractivity contribution in [3.05, 3.63) is 71.3 Å². The van der Waals surface area contributed by atoms with Crippen LogP contribution in [0.25, 0.3) is 0 Å². The molecule has 2 fully saturated rings. The molecule has 0 radical (unpaired) electrons. The van der Waals surface area contributed by atoms with E-state index in [1.807, 2.05) is 17.0 Å². The van der Waals surface area contributed by atoms with Crippen LogP contribution in [0.5, 0.6) is 0 Å². The molecular formula is C26H32N2O3. The van der Waals surface area contributed by atoms with Crippen LogP contribution in [-0.2, 0) is 16.1 Å². The lowest BCUT2D eigenvalue weighted by atomic mass is 9.89. The minimum Gasteiger partial charge on any atom is -0.465 e. The Morgan fingerprint density at radius 2 is 1.77 bits per heavy atom. The second kappa shape index (κ2) is 10.1. The molecule has 0 spiro atoms. The van der Waals surface area contributed by atoms with Gasteiger partial charge in [0.25, 0.3) is 0 Å². The van der Waals surface area contributed by atoms with Crippen molar-refractivity contribution in [2.75, 3.05) is 26.7 Å². The van der Waals surface area contributed by atoms with Crippen molar-refractivity contribution in [2.24, 2.45) is 0 Å². The van der Waals surface area contributed by atoms with Crippen molar-refractivity contribution >= 4 is 11.9 Å². The second-order valence-corrected chi connectivity index (χ2v) is 8.73. The molecule has 2 heterocycles. The van der Waals surface area contributed by atoms with Gasteiger partial charge in [-0.15, -0.1) is 0 Å². The number of ether oxygens (including phenoxy) is 1. The molecule has 0 aromatic heterocycles. The number of methoxy groups -OCH3 is 1. The number of likely N-dealkylation sites (tertiary alicyclic amines) is 2. The summed E-state index contributed by atoms with van der Waals surface area (Å²) in [6.07, 6.45) is 5.04. The van der Waals surface area contributed by atoms with Gasteiger partial charge in [0.05, 0.1) is 12.7 Å². The highest BCUT2D eigenvalue weighted by Gasteiger charge is 2.30. The third-order valence-electron chi connectivity index (χ3n) is 6.77. The van der Waals surface area contributed by atoms with E-state index in [4.69, 9.17) is 4.74 Å². The van der Waals surface area contributed by atoms with Crippen molar-refractivity contribution in [3.63, 3.8) is 0 Å². The molecular weight excluding hydrogens is 388 g/mol. The first-order chi connectivity index (χ1) is 15.1. The molecule has 0 bridgehead atoms. The SMILES string of the molecule is COC(=O)c1ccc(CN2CC[C@H](N3CCC[C@@H](c4ccccc4)C3)CCC2=O)cc1. The van der Waals surface area contributed by atoms with Crippen LogP contribution in [0.4, 0.5) is 0 Å². The number of piperidine rings is 1. The fourth-order valence-electron chi connectivity index (χ4n) is 4.97. The van der Waals surface area contributed by atoms with Crippen LogP contribution in [0.2, 0.25) is 0 Å². The van der Waals surface area contributed by atoms with E-state index in [-0.39, 0.29) is 11.9 Å². The lowest BCUT2D eigenvalue weighted by molar-refractivity contribution is -0.131. The Morgan fingerprint density at radius 1 is 1.00 bits per heavy atom. The largest absolute Gasteiger partial charge is 0.465 e. The van der Waals surface area contributed by atoms with Gasteiger partial charge < -0.3 is 9.64 Å². The topological polar surface area (TPSA) is 49.9 Å². The maximum absolute atomic E-state index is 12.8. The standard InChI is InChI=1S/C26H32N2O3/c1-31-26(30)22-11-9-20(10-12-22)18-28-17-15-24(13-14-25(28)29)27-16-5-8-23(19-27)21-6-3-2-4-7-21/h2-4,6-7,9-12,23-24H,5,8,13-19H2,1H3/t23-,24-/m1/s1. The van der Waals surface area contributed by atoms with Gasteiger partial charge in [-0.2, -0.15) is 0 Å². The summed E-state index contributed by atoms with van der Waals surface area (Å²) < 4.78 is 4.76. The van der Waals surface area contributed by atoms with E-state index < -0.39 is 0 Å². The van der Waals surface area contributed by atoms with Crippen LogP contribution in [0.15, 0.2) is 54.6 Å². The zero-order chi connectivity index (χ0) is 21.6. The molecule has 0 aliphatic carbocycles. The summed E-state index contributed by atoms with van der Waals surface area (Å²) >= 11 is 0. The Labute approximate surface area is 185 Å². The molecule has 31 heavy (non-hydrogen) atoms. The Bertz CT molecular complexity index is 881. The van der Waals surface area contributed by atoms with Gasteiger partial charge in [-0.25, -0.2) is 4.79 Å². The fourth-order valence-corrected chi connectivity index (χ4v) is 4.97. The summed E-state index contributed by atoms with van der Waals surface area (Å²) in [6, 6.07) is 18.7. The summed E-state index contributed by atoms with van der Waals surface area (Å²) in [7, 11) is 1.38. The zero-order valence-electron chi connectivity index (χ0n) is 18.3. The van der Waals surface area contributed by atoms with Gasteiger partial charge in [0.2, 0.25) is 5.91 Å². The van der Waals surface area contributed by atoms with Crippen LogP contribution >= 0.6 is 0 Å². The molecule has 2 saturated heterocycles. The number of nitrogens with zero attached hydrogens (tertiary/aromatic N) is 2. The number of amides is 1. The quantitative estimate of drug-likeness (QED) is 0.679. The molecule has 2 aliphatic heterocycles. The lowest BCUT2D eigenvalue weighted by Crippen LogP contribution is -2.42. The highest BCUT2D eigenvalue weighted by molar-refractivity contribution is 5.89. The number of carbonyl (C=O) groups is 2. The Hall–Kier alpha value is -2.66. The van der Waals surface area contributed by atoms with Crippen LogP contribution in [-0.4, -0.2) is 54.5 Å². The van der Waals surface area contributed by atoms with Crippen molar-refractivity contribution in [2.45, 2.75) is 50.6 Å². The molecule has 5 nitrogen and oxygen atoms in total. The number of hydrogen-bond acceptors (Lipinski definition) is 4. The van der Waals surface area contributed by atoms with Crippen molar-refractivity contribution in [1.29, 1.82) is 0 Å². The zero-order valence-corrected chi connectivity index (χ0v) is 18.3. The first kappa shape index (κ1) is 21.6. The molecule has 0 saturated carbocycles. The fraction of sp³-hybridized carbons (Fsp3) is 0.462. The minimum atomic E-state index is -0.337. The van der Waals surface area contributed by atoms with E-state index in [0.29, 0.717) is 30.5 Å². The van der Waals surface area contributed by atoms with Crippen molar-refractivity contribution < 1.29 is 14.3 Å². The highest BCUT2D eigenvalue weighted by Crippen LogP contribution is 2.30. The maximum atomic E-state index is 12.8. The smallest absolute Gasteiger partial charge is 0.337 e. The van der Waals surface area contributed by atoms with Crippen LogP contribution in [0, 0.1) is 0 Å². The lowest BCUT2D eigenvalue weighted by Gasteiger charge is -2.38. The van der Waals surface area contributed by atoms with Gasteiger partial charge in [-0.3, -0.25) is 9.69 Å². The van der Waals surface area contributed by atoms with Gasteiger partial charge in [0.15, 0.2) is 0 Å². The van der Waals surface area contributed by atoms with Gasteiger partial charge in [-0.1, -0.05) is 42.5 Å². The number of rotatable bonds is 5. The normalized spacial score (nSPS) is 22.7. The van der Waals surface area contributed by atoms with E-state index >= 15 is 0 Å². The van der Waals surface area contributed by atoms with Crippen molar-refractivity contribution in [1.82, 2.24) is 9.80 Å². The molecule has 2 aromatic rings. The van der Waals surface area contributed by atoms with E-state index in [1.54, 1.807) is 12.1 Å². The molecule has 2 aromatic carbocycles. The summed E-state index contributed by atoms with van der Waals surface area (Å²) in [5.41, 5.74) is 3.02. The van der Waals surface area contributed by atoms with Gasteiger partial charge in [-0.05, 0) is 61.4 Å². The van der Waals surface area contributed by atoms with Crippen molar-refractivity contribution in [3.8, 4) is 0 Å². The molecule has 4 rings (SSSR count). The van der Waals surface area contributed by atoms with Gasteiger partial charge >= 0.3 is 5.97 Å². The third-order valence-corrected chi connectivity index (χ3v) is 6.77. The first-order valence-corrected chi connectivity index (χ1v) is 11.4. The first-order valence-electron chi connectivity index (χ1n) is 11.4. The van der Waals surface area contributed by atoms with E-state index in [1.165, 1.54) is 25.5 Å². The molecule has 0 N–H and O–H groups in total. The number of benzene rings is 2. The molecule has 1 amide bonds. The van der Waals surface area contributed by atoms with Crippen LogP contribution < -0.4 is 0 Å². The average Bonchev–Trinajstić information content (AvgIpc) is 3.01. The van der Waals surface area contributed by atoms with E-state index in [0.717, 1.165) is 38.0 Å². The Morgan fingerprint density at radius 3 is 2.52 bits per heavy atom. The number of hydrogen-bond donors (Lipinski definition) is 0. The second-order valence-electron chi connectivity index (χ2n) is 8.73. The van der Waals surface area contributed by atoms with Crippen LogP contribution in [0.3, 0.4) is 0 Å².